The van der Waals surface area contributed by atoms with Gasteiger partial charge in [0.05, 0.1) is 17.4 Å². The third kappa shape index (κ3) is 6.16. The summed E-state index contributed by atoms with van der Waals surface area (Å²) in [6, 6.07) is 3.49. The number of thioether (sulfide) groups is 1. The van der Waals surface area contributed by atoms with E-state index in [4.69, 9.17) is 4.74 Å². The lowest BCUT2D eigenvalue weighted by Gasteiger charge is -2.12. The van der Waals surface area contributed by atoms with E-state index < -0.39 is 5.97 Å². The van der Waals surface area contributed by atoms with Gasteiger partial charge in [0.1, 0.15) is 5.03 Å². The van der Waals surface area contributed by atoms with Crippen LogP contribution in [0.25, 0.3) is 0 Å². The molecule has 116 valence electrons. The second kappa shape index (κ2) is 8.67. The Bertz CT molecular complexity index is 492. The van der Waals surface area contributed by atoms with Crippen molar-refractivity contribution in [2.45, 2.75) is 51.3 Å². The standard InChI is InChI=1S/C15H22N2O3S/c1-5-11(4)17-13(18)9-21-14-12(7-6-8-16-14)15(19)20-10(2)3/h6-8,10-11H,5,9H2,1-4H3,(H,17,18)/t11-/m0/s1. The third-order valence-corrected chi connectivity index (χ3v) is 3.70. The number of esters is 1. The van der Waals surface area contributed by atoms with Gasteiger partial charge in [0.25, 0.3) is 0 Å². The van der Waals surface area contributed by atoms with Crippen LogP contribution in [-0.4, -0.2) is 34.8 Å². The Labute approximate surface area is 129 Å². The van der Waals surface area contributed by atoms with Crippen molar-refractivity contribution < 1.29 is 14.3 Å². The average Bonchev–Trinajstić information content (AvgIpc) is 2.44. The van der Waals surface area contributed by atoms with Gasteiger partial charge in [-0.3, -0.25) is 4.79 Å². The number of rotatable bonds is 7. The molecule has 1 heterocycles. The molecule has 0 bridgehead atoms. The molecule has 0 aliphatic carbocycles. The van der Waals surface area contributed by atoms with Crippen LogP contribution in [0.1, 0.15) is 44.5 Å². The molecule has 0 unspecified atom stereocenters. The summed E-state index contributed by atoms with van der Waals surface area (Å²) in [5, 5.41) is 3.39. The molecular formula is C15H22N2O3S. The smallest absolute Gasteiger partial charge is 0.341 e. The first-order chi connectivity index (χ1) is 9.93. The minimum absolute atomic E-state index is 0.0665. The zero-order chi connectivity index (χ0) is 15.8. The molecule has 0 spiro atoms. The summed E-state index contributed by atoms with van der Waals surface area (Å²) >= 11 is 1.24. The molecule has 0 aromatic carbocycles. The van der Waals surface area contributed by atoms with E-state index in [1.54, 1.807) is 32.2 Å². The summed E-state index contributed by atoms with van der Waals surface area (Å²) in [4.78, 5) is 27.9. The number of hydrogen-bond acceptors (Lipinski definition) is 5. The first kappa shape index (κ1) is 17.5. The zero-order valence-corrected chi connectivity index (χ0v) is 13.7. The SMILES string of the molecule is CC[C@H](C)NC(=O)CSc1ncccc1C(=O)OC(C)C. The Hall–Kier alpha value is -1.56. The van der Waals surface area contributed by atoms with Crippen LogP contribution in [0.15, 0.2) is 23.4 Å². The van der Waals surface area contributed by atoms with Crippen LogP contribution < -0.4 is 5.32 Å². The van der Waals surface area contributed by atoms with Gasteiger partial charge in [-0.15, -0.1) is 0 Å². The van der Waals surface area contributed by atoms with Crippen molar-refractivity contribution in [1.29, 1.82) is 0 Å². The fourth-order valence-electron chi connectivity index (χ4n) is 1.49. The maximum absolute atomic E-state index is 12.0. The largest absolute Gasteiger partial charge is 0.459 e. The summed E-state index contributed by atoms with van der Waals surface area (Å²) in [5.74, 6) is -0.255. The monoisotopic (exact) mass is 310 g/mol. The van der Waals surface area contributed by atoms with Crippen LogP contribution >= 0.6 is 11.8 Å². The van der Waals surface area contributed by atoms with Gasteiger partial charge in [-0.2, -0.15) is 0 Å². The molecule has 1 aromatic heterocycles. The Morgan fingerprint density at radius 1 is 1.38 bits per heavy atom. The minimum atomic E-state index is -0.414. The quantitative estimate of drug-likeness (QED) is 0.619. The van der Waals surface area contributed by atoms with Crippen molar-refractivity contribution in [2.75, 3.05) is 5.75 Å². The number of amides is 1. The van der Waals surface area contributed by atoms with Gasteiger partial charge in [-0.25, -0.2) is 9.78 Å². The first-order valence-corrected chi connectivity index (χ1v) is 8.00. The highest BCUT2D eigenvalue weighted by molar-refractivity contribution is 8.00. The summed E-state index contributed by atoms with van der Waals surface area (Å²) in [5.41, 5.74) is 0.396. The second-order valence-corrected chi connectivity index (χ2v) is 5.94. The molecule has 0 saturated heterocycles. The molecule has 1 rings (SSSR count). The molecule has 6 heteroatoms. The van der Waals surface area contributed by atoms with Crippen molar-refractivity contribution >= 4 is 23.6 Å². The topological polar surface area (TPSA) is 68.3 Å². The van der Waals surface area contributed by atoms with Crippen LogP contribution in [-0.2, 0) is 9.53 Å². The van der Waals surface area contributed by atoms with E-state index in [2.05, 4.69) is 10.3 Å². The van der Waals surface area contributed by atoms with Crippen LogP contribution in [0.3, 0.4) is 0 Å². The summed E-state index contributed by atoms with van der Waals surface area (Å²) in [7, 11) is 0. The lowest BCUT2D eigenvalue weighted by Crippen LogP contribution is -2.33. The normalized spacial score (nSPS) is 12.0. The Balaban J connectivity index is 2.67. The molecule has 0 saturated carbocycles. The van der Waals surface area contributed by atoms with E-state index in [1.165, 1.54) is 11.8 Å². The molecule has 0 aliphatic rings. The van der Waals surface area contributed by atoms with Crippen LogP contribution in [0.2, 0.25) is 0 Å². The van der Waals surface area contributed by atoms with Crippen molar-refractivity contribution in [3.63, 3.8) is 0 Å². The highest BCUT2D eigenvalue weighted by Crippen LogP contribution is 2.21. The van der Waals surface area contributed by atoms with Gasteiger partial charge >= 0.3 is 5.97 Å². The highest BCUT2D eigenvalue weighted by atomic mass is 32.2. The molecule has 1 N–H and O–H groups in total. The van der Waals surface area contributed by atoms with Crippen molar-refractivity contribution in [3.05, 3.63) is 23.9 Å². The third-order valence-electron chi connectivity index (χ3n) is 2.69. The number of hydrogen-bond donors (Lipinski definition) is 1. The number of pyridine rings is 1. The van der Waals surface area contributed by atoms with E-state index in [1.807, 2.05) is 13.8 Å². The summed E-state index contributed by atoms with van der Waals surface area (Å²) < 4.78 is 5.17. The molecule has 1 amide bonds. The second-order valence-electron chi connectivity index (χ2n) is 4.98. The number of aromatic nitrogens is 1. The number of carbonyl (C=O) groups excluding carboxylic acids is 2. The first-order valence-electron chi connectivity index (χ1n) is 7.02. The van der Waals surface area contributed by atoms with Crippen molar-refractivity contribution in [2.24, 2.45) is 0 Å². The molecular weight excluding hydrogens is 288 g/mol. The zero-order valence-electron chi connectivity index (χ0n) is 12.9. The van der Waals surface area contributed by atoms with Crippen LogP contribution in [0, 0.1) is 0 Å². The van der Waals surface area contributed by atoms with Gasteiger partial charge in [-0.1, -0.05) is 18.7 Å². The molecule has 0 aliphatic heterocycles. The molecule has 0 fully saturated rings. The maximum atomic E-state index is 12.0. The molecule has 0 radical (unpaired) electrons. The Morgan fingerprint density at radius 3 is 2.71 bits per heavy atom. The molecule has 1 atom stereocenters. The minimum Gasteiger partial charge on any atom is -0.459 e. The lowest BCUT2D eigenvalue weighted by atomic mass is 10.3. The Kier molecular flexibility index (Phi) is 7.22. The van der Waals surface area contributed by atoms with Gasteiger partial charge in [0.2, 0.25) is 5.91 Å². The molecule has 21 heavy (non-hydrogen) atoms. The van der Waals surface area contributed by atoms with Gasteiger partial charge in [-0.05, 0) is 39.3 Å². The van der Waals surface area contributed by atoms with Gasteiger partial charge in [0, 0.05) is 12.2 Å². The highest BCUT2D eigenvalue weighted by Gasteiger charge is 2.16. The van der Waals surface area contributed by atoms with Crippen molar-refractivity contribution in [3.8, 4) is 0 Å². The van der Waals surface area contributed by atoms with Crippen molar-refractivity contribution in [1.82, 2.24) is 10.3 Å². The summed E-state index contributed by atoms with van der Waals surface area (Å²) in [6.07, 6.45) is 2.29. The predicted molar refractivity (Wildman–Crippen MR) is 83.4 cm³/mol. The van der Waals surface area contributed by atoms with E-state index in [0.717, 1.165) is 6.42 Å². The molecule has 5 nitrogen and oxygen atoms in total. The predicted octanol–water partition coefficient (Wildman–Crippen LogP) is 2.65. The van der Waals surface area contributed by atoms with E-state index in [0.29, 0.717) is 10.6 Å². The number of nitrogens with zero attached hydrogens (tertiary/aromatic N) is 1. The lowest BCUT2D eigenvalue weighted by molar-refractivity contribution is -0.119. The van der Waals surface area contributed by atoms with Crippen LogP contribution in [0.5, 0.6) is 0 Å². The van der Waals surface area contributed by atoms with Gasteiger partial charge < -0.3 is 10.1 Å². The van der Waals surface area contributed by atoms with Crippen LogP contribution in [0.4, 0.5) is 0 Å². The fourth-order valence-corrected chi connectivity index (χ4v) is 2.28. The Morgan fingerprint density at radius 2 is 2.10 bits per heavy atom. The van der Waals surface area contributed by atoms with Gasteiger partial charge in [0.15, 0.2) is 0 Å². The molecule has 1 aromatic rings. The maximum Gasteiger partial charge on any atom is 0.341 e. The van der Waals surface area contributed by atoms with E-state index in [-0.39, 0.29) is 23.8 Å². The fraction of sp³-hybridized carbons (Fsp3) is 0.533. The van der Waals surface area contributed by atoms with E-state index >= 15 is 0 Å². The number of carbonyl (C=O) groups is 2. The number of nitrogens with one attached hydrogen (secondary N) is 1. The average molecular weight is 310 g/mol. The van der Waals surface area contributed by atoms with E-state index in [9.17, 15) is 9.59 Å². The number of ether oxygens (including phenoxy) is 1. The summed E-state index contributed by atoms with van der Waals surface area (Å²) in [6.45, 7) is 7.55.